The smallest absolute Gasteiger partial charge is 0.226 e. The first kappa shape index (κ1) is 21.1. The fourth-order valence-electron chi connectivity index (χ4n) is 4.03. The molecule has 3 aromatic rings. The van der Waals surface area contributed by atoms with Gasteiger partial charge in [0.2, 0.25) is 5.91 Å². The molecule has 6 nitrogen and oxygen atoms in total. The van der Waals surface area contributed by atoms with E-state index in [-0.39, 0.29) is 18.0 Å². The molecule has 0 saturated carbocycles. The van der Waals surface area contributed by atoms with Crippen LogP contribution in [0.2, 0.25) is 0 Å². The van der Waals surface area contributed by atoms with E-state index < -0.39 is 0 Å². The molecule has 160 valence electrons. The summed E-state index contributed by atoms with van der Waals surface area (Å²) in [5, 5.41) is 7.06. The lowest BCUT2D eigenvalue weighted by atomic mass is 10.0. The van der Waals surface area contributed by atoms with E-state index in [0.29, 0.717) is 18.1 Å². The molecule has 0 bridgehead atoms. The van der Waals surface area contributed by atoms with Crippen LogP contribution in [0.4, 0.5) is 5.69 Å². The molecule has 4 rings (SSSR count). The number of amides is 1. The van der Waals surface area contributed by atoms with E-state index in [1.54, 1.807) is 6.20 Å². The van der Waals surface area contributed by atoms with Crippen LogP contribution in [0.1, 0.15) is 42.4 Å². The van der Waals surface area contributed by atoms with Gasteiger partial charge in [0.1, 0.15) is 0 Å². The van der Waals surface area contributed by atoms with Crippen LogP contribution >= 0.6 is 12.2 Å². The van der Waals surface area contributed by atoms with Crippen molar-refractivity contribution in [2.45, 2.75) is 38.9 Å². The van der Waals surface area contributed by atoms with Gasteiger partial charge < -0.3 is 20.1 Å². The largest absolute Gasteiger partial charge is 0.352 e. The third-order valence-electron chi connectivity index (χ3n) is 5.62. The predicted molar refractivity (Wildman–Crippen MR) is 127 cm³/mol. The van der Waals surface area contributed by atoms with Gasteiger partial charge >= 0.3 is 0 Å². The topological polar surface area (TPSA) is 62.2 Å². The van der Waals surface area contributed by atoms with E-state index in [1.807, 2.05) is 49.4 Å². The lowest BCUT2D eigenvalue weighted by molar-refractivity contribution is -0.116. The van der Waals surface area contributed by atoms with Crippen LogP contribution < -0.4 is 10.6 Å². The first-order valence-electron chi connectivity index (χ1n) is 10.6. The van der Waals surface area contributed by atoms with Gasteiger partial charge in [-0.3, -0.25) is 9.78 Å². The summed E-state index contributed by atoms with van der Waals surface area (Å²) in [5.74, 6) is -0.0300. The number of benzene rings is 1. The van der Waals surface area contributed by atoms with Crippen molar-refractivity contribution in [1.29, 1.82) is 0 Å². The Kier molecular flexibility index (Phi) is 6.32. The molecular weight excluding hydrogens is 406 g/mol. The van der Waals surface area contributed by atoms with Gasteiger partial charge in [0.05, 0.1) is 17.8 Å². The Hall–Kier alpha value is -3.19. The molecule has 1 amide bonds. The molecule has 1 aromatic carbocycles. The van der Waals surface area contributed by atoms with Crippen LogP contribution in [0.5, 0.6) is 0 Å². The highest BCUT2D eigenvalue weighted by Crippen LogP contribution is 2.38. The number of aromatic nitrogens is 2. The van der Waals surface area contributed by atoms with Crippen molar-refractivity contribution in [3.8, 4) is 0 Å². The van der Waals surface area contributed by atoms with Crippen LogP contribution in [0.25, 0.3) is 0 Å². The summed E-state index contributed by atoms with van der Waals surface area (Å²) in [5.41, 5.74) is 4.06. The SMILES string of the molecule is CCn1cccc1[C@H]1[C@@H](c2ccccn2)NC(=S)N1CCC(=O)Nc1ccc(C)cc1. The Bertz CT molecular complexity index is 1050. The Balaban J connectivity index is 1.54. The van der Waals surface area contributed by atoms with E-state index in [1.165, 1.54) is 0 Å². The van der Waals surface area contributed by atoms with Crippen molar-refractivity contribution >= 4 is 28.9 Å². The average Bonchev–Trinajstić information content (AvgIpc) is 3.38. The maximum atomic E-state index is 12.6. The maximum Gasteiger partial charge on any atom is 0.226 e. The van der Waals surface area contributed by atoms with Crippen LogP contribution in [-0.4, -0.2) is 32.0 Å². The third kappa shape index (κ3) is 4.61. The summed E-state index contributed by atoms with van der Waals surface area (Å²) < 4.78 is 2.22. The van der Waals surface area contributed by atoms with Gasteiger partial charge in [-0.1, -0.05) is 23.8 Å². The normalized spacial score (nSPS) is 18.1. The number of hydrogen-bond donors (Lipinski definition) is 2. The molecule has 0 aliphatic carbocycles. The standard InChI is InChI=1S/C24H27N5OS/c1-3-28-15-6-8-20(28)23-22(19-7-4-5-14-25-19)27-24(31)29(23)16-13-21(30)26-18-11-9-17(2)10-12-18/h4-12,14-15,22-23H,3,13,16H2,1-2H3,(H,26,30)(H,27,31)/t22-,23+/m1/s1. The number of pyridine rings is 1. The van der Waals surface area contributed by atoms with Gasteiger partial charge in [0.15, 0.2) is 5.11 Å². The lowest BCUT2D eigenvalue weighted by Gasteiger charge is -2.28. The van der Waals surface area contributed by atoms with Crippen molar-refractivity contribution in [1.82, 2.24) is 19.8 Å². The zero-order chi connectivity index (χ0) is 21.8. The van der Waals surface area contributed by atoms with Gasteiger partial charge in [0.25, 0.3) is 0 Å². The van der Waals surface area contributed by atoms with Crippen LogP contribution in [0.3, 0.4) is 0 Å². The Morgan fingerprint density at radius 1 is 1.16 bits per heavy atom. The fourth-order valence-corrected chi connectivity index (χ4v) is 4.37. The highest BCUT2D eigenvalue weighted by atomic mass is 32.1. The Morgan fingerprint density at radius 2 is 1.97 bits per heavy atom. The van der Waals surface area contributed by atoms with Gasteiger partial charge in [-0.25, -0.2) is 0 Å². The average molecular weight is 434 g/mol. The van der Waals surface area contributed by atoms with Crippen LogP contribution in [0.15, 0.2) is 67.0 Å². The summed E-state index contributed by atoms with van der Waals surface area (Å²) in [4.78, 5) is 19.3. The van der Waals surface area contributed by atoms with Crippen LogP contribution in [0, 0.1) is 6.92 Å². The number of anilines is 1. The lowest BCUT2D eigenvalue weighted by Crippen LogP contribution is -2.33. The molecule has 7 heteroatoms. The molecule has 1 fully saturated rings. The van der Waals surface area contributed by atoms with Crippen molar-refractivity contribution in [3.05, 3.63) is 83.9 Å². The first-order chi connectivity index (χ1) is 15.1. The molecule has 1 saturated heterocycles. The highest BCUT2D eigenvalue weighted by molar-refractivity contribution is 7.80. The second-order valence-electron chi connectivity index (χ2n) is 7.70. The molecule has 31 heavy (non-hydrogen) atoms. The number of aryl methyl sites for hydroxylation is 2. The molecule has 2 N–H and O–H groups in total. The predicted octanol–water partition coefficient (Wildman–Crippen LogP) is 4.21. The Morgan fingerprint density at radius 3 is 2.68 bits per heavy atom. The number of carbonyl (C=O) groups excluding carboxylic acids is 1. The zero-order valence-electron chi connectivity index (χ0n) is 17.8. The van der Waals surface area contributed by atoms with E-state index in [9.17, 15) is 4.79 Å². The number of nitrogens with one attached hydrogen (secondary N) is 2. The molecule has 0 unspecified atom stereocenters. The summed E-state index contributed by atoms with van der Waals surface area (Å²) in [6.45, 7) is 5.53. The van der Waals surface area contributed by atoms with E-state index in [2.05, 4.69) is 50.3 Å². The number of thiocarbonyl (C=S) groups is 1. The quantitative estimate of drug-likeness (QED) is 0.547. The van der Waals surface area contributed by atoms with E-state index in [4.69, 9.17) is 12.2 Å². The van der Waals surface area contributed by atoms with Crippen molar-refractivity contribution in [2.24, 2.45) is 0 Å². The summed E-state index contributed by atoms with van der Waals surface area (Å²) in [6, 6.07) is 17.8. The third-order valence-corrected chi connectivity index (χ3v) is 5.97. The summed E-state index contributed by atoms with van der Waals surface area (Å²) in [7, 11) is 0. The minimum Gasteiger partial charge on any atom is -0.352 e. The number of carbonyl (C=O) groups is 1. The maximum absolute atomic E-state index is 12.6. The molecule has 1 aliphatic heterocycles. The Labute approximate surface area is 188 Å². The number of hydrogen-bond acceptors (Lipinski definition) is 3. The van der Waals surface area contributed by atoms with Crippen molar-refractivity contribution in [3.63, 3.8) is 0 Å². The van der Waals surface area contributed by atoms with Gasteiger partial charge in [-0.15, -0.1) is 0 Å². The van der Waals surface area contributed by atoms with E-state index in [0.717, 1.165) is 29.2 Å². The van der Waals surface area contributed by atoms with Crippen molar-refractivity contribution < 1.29 is 4.79 Å². The first-order valence-corrected chi connectivity index (χ1v) is 11.0. The minimum absolute atomic E-state index is 0.0300. The second kappa shape index (κ2) is 9.31. The minimum atomic E-state index is -0.0749. The van der Waals surface area contributed by atoms with Gasteiger partial charge in [-0.05, 0) is 62.5 Å². The highest BCUT2D eigenvalue weighted by Gasteiger charge is 2.40. The van der Waals surface area contributed by atoms with Gasteiger partial charge in [0, 0.05) is 43.3 Å². The molecule has 1 aliphatic rings. The number of nitrogens with zero attached hydrogens (tertiary/aromatic N) is 3. The summed E-state index contributed by atoms with van der Waals surface area (Å²) >= 11 is 5.69. The zero-order valence-corrected chi connectivity index (χ0v) is 18.6. The molecule has 2 aromatic heterocycles. The molecular formula is C24H27N5OS. The monoisotopic (exact) mass is 433 g/mol. The molecule has 0 radical (unpaired) electrons. The number of rotatable bonds is 7. The molecule has 0 spiro atoms. The second-order valence-corrected chi connectivity index (χ2v) is 8.09. The van der Waals surface area contributed by atoms with Crippen LogP contribution in [-0.2, 0) is 11.3 Å². The molecule has 3 heterocycles. The van der Waals surface area contributed by atoms with E-state index >= 15 is 0 Å². The fraction of sp³-hybridized carbons (Fsp3) is 0.292. The van der Waals surface area contributed by atoms with Gasteiger partial charge in [-0.2, -0.15) is 0 Å². The van der Waals surface area contributed by atoms with Crippen molar-refractivity contribution in [2.75, 3.05) is 11.9 Å². The summed E-state index contributed by atoms with van der Waals surface area (Å²) in [6.07, 6.45) is 4.22. The molecule has 2 atom stereocenters.